The molecule has 0 saturated carbocycles. The van der Waals surface area contributed by atoms with Crippen LogP contribution >= 0.6 is 0 Å². The Morgan fingerprint density at radius 2 is 1.83 bits per heavy atom. The summed E-state index contributed by atoms with van der Waals surface area (Å²) in [5.74, 6) is 0.197. The van der Waals surface area contributed by atoms with Gasteiger partial charge in [0.15, 0.2) is 0 Å². The molecule has 2 rings (SSSR count). The molecule has 0 bridgehead atoms. The van der Waals surface area contributed by atoms with Gasteiger partial charge in [-0.1, -0.05) is 12.1 Å². The van der Waals surface area contributed by atoms with Crippen LogP contribution in [0, 0.1) is 0 Å². The Bertz CT molecular complexity index is 969. The van der Waals surface area contributed by atoms with Crippen LogP contribution in [-0.4, -0.2) is 45.9 Å². The molecular weight excluding hydrogens is 420 g/mol. The molecule has 11 heteroatoms. The fraction of sp³-hybridized carbons (Fsp3) is 0.316. The average molecular weight is 443 g/mol. The third-order valence-electron chi connectivity index (χ3n) is 4.01. The van der Waals surface area contributed by atoms with E-state index in [0.29, 0.717) is 5.69 Å². The average Bonchev–Trinajstić information content (AvgIpc) is 2.70. The summed E-state index contributed by atoms with van der Waals surface area (Å²) in [4.78, 5) is 13.8. The maximum Gasteiger partial charge on any atom is 0.387 e. The number of anilines is 2. The molecule has 0 aliphatic rings. The van der Waals surface area contributed by atoms with Crippen molar-refractivity contribution in [2.75, 3.05) is 29.9 Å². The lowest BCUT2D eigenvalue weighted by Gasteiger charge is -2.19. The number of urea groups is 1. The summed E-state index contributed by atoms with van der Waals surface area (Å²) in [6.45, 7) is -1.16. The molecule has 0 unspecified atom stereocenters. The number of alkyl halides is 2. The predicted octanol–water partition coefficient (Wildman–Crippen LogP) is 3.72. The first kappa shape index (κ1) is 23.2. The van der Waals surface area contributed by atoms with Crippen LogP contribution in [0.2, 0.25) is 0 Å². The molecule has 2 amide bonds. The molecule has 0 fully saturated rings. The van der Waals surface area contributed by atoms with Crippen LogP contribution in [0.3, 0.4) is 0 Å². The Morgan fingerprint density at radius 3 is 2.40 bits per heavy atom. The van der Waals surface area contributed by atoms with E-state index in [9.17, 15) is 22.0 Å². The minimum Gasteiger partial charge on any atom is -0.494 e. The van der Waals surface area contributed by atoms with Crippen molar-refractivity contribution >= 4 is 27.4 Å². The second-order valence-corrected chi connectivity index (χ2v) is 8.24. The van der Waals surface area contributed by atoms with E-state index in [1.807, 2.05) is 0 Å². The van der Waals surface area contributed by atoms with Gasteiger partial charge in [-0.2, -0.15) is 8.78 Å². The number of methoxy groups -OCH3 is 1. The molecule has 0 radical (unpaired) electrons. The Hall–Kier alpha value is -3.08. The van der Waals surface area contributed by atoms with Gasteiger partial charge in [-0.25, -0.2) is 13.2 Å². The smallest absolute Gasteiger partial charge is 0.387 e. The third-order valence-corrected chi connectivity index (χ3v) is 5.30. The first-order chi connectivity index (χ1) is 14.1. The Morgan fingerprint density at radius 1 is 1.17 bits per heavy atom. The number of carbonyl (C=O) groups excluding carboxylic acids is 1. The molecule has 2 aromatic rings. The maximum atomic E-state index is 12.4. The van der Waals surface area contributed by atoms with Gasteiger partial charge >= 0.3 is 12.6 Å². The molecule has 0 aliphatic heterocycles. The van der Waals surface area contributed by atoms with E-state index in [4.69, 9.17) is 4.74 Å². The number of nitrogens with one attached hydrogen (secondary N) is 2. The number of halogens is 2. The van der Waals surface area contributed by atoms with Gasteiger partial charge in [0.05, 0.1) is 18.6 Å². The van der Waals surface area contributed by atoms with Crippen LogP contribution < -0.4 is 19.5 Å². The van der Waals surface area contributed by atoms with E-state index >= 15 is 0 Å². The Balaban J connectivity index is 2.02. The highest BCUT2D eigenvalue weighted by Gasteiger charge is 2.14. The van der Waals surface area contributed by atoms with Crippen LogP contribution in [0.15, 0.2) is 42.5 Å². The maximum absolute atomic E-state index is 12.4. The summed E-state index contributed by atoms with van der Waals surface area (Å²) in [5, 5.41) is 2.68. The minimum absolute atomic E-state index is 0.0340. The van der Waals surface area contributed by atoms with Gasteiger partial charge in [-0.05, 0) is 36.8 Å². The van der Waals surface area contributed by atoms with Gasteiger partial charge in [0.2, 0.25) is 10.0 Å². The number of ether oxygens (including phenoxy) is 2. The molecule has 0 saturated heterocycles. The van der Waals surface area contributed by atoms with Crippen molar-refractivity contribution in [1.82, 2.24) is 4.90 Å². The number of carbonyl (C=O) groups is 1. The Kier molecular flexibility index (Phi) is 7.81. The highest BCUT2D eigenvalue weighted by atomic mass is 32.2. The summed E-state index contributed by atoms with van der Waals surface area (Å²) in [6, 6.07) is 10.1. The summed E-state index contributed by atoms with van der Waals surface area (Å²) in [7, 11) is -0.519. The number of amides is 2. The first-order valence-electron chi connectivity index (χ1n) is 8.88. The molecule has 0 heterocycles. The third kappa shape index (κ3) is 6.76. The topological polar surface area (TPSA) is 97.0 Å². The van der Waals surface area contributed by atoms with E-state index in [1.165, 1.54) is 49.3 Å². The van der Waals surface area contributed by atoms with E-state index < -0.39 is 22.7 Å². The van der Waals surface area contributed by atoms with Gasteiger partial charge in [-0.3, -0.25) is 4.72 Å². The fourth-order valence-electron chi connectivity index (χ4n) is 2.43. The number of sulfonamides is 1. The fourth-order valence-corrected chi connectivity index (χ4v) is 3.08. The van der Waals surface area contributed by atoms with Crippen molar-refractivity contribution in [2.45, 2.75) is 20.1 Å². The van der Waals surface area contributed by atoms with Gasteiger partial charge in [0.1, 0.15) is 11.5 Å². The SMILES string of the molecule is CCS(=O)(=O)Nc1ccc(NC(=O)N(C)Cc2ccc(OC(F)F)cc2)cc1OC. The van der Waals surface area contributed by atoms with Crippen LogP contribution in [0.5, 0.6) is 11.5 Å². The van der Waals surface area contributed by atoms with Crippen molar-refractivity contribution in [3.05, 3.63) is 48.0 Å². The largest absolute Gasteiger partial charge is 0.494 e. The summed E-state index contributed by atoms with van der Waals surface area (Å²) in [5.41, 5.74) is 1.39. The summed E-state index contributed by atoms with van der Waals surface area (Å²) in [6.07, 6.45) is 0. The number of hydrogen-bond acceptors (Lipinski definition) is 5. The monoisotopic (exact) mass is 443 g/mol. The van der Waals surface area contributed by atoms with Crippen LogP contribution in [0.1, 0.15) is 12.5 Å². The van der Waals surface area contributed by atoms with Crippen molar-refractivity contribution in [1.29, 1.82) is 0 Å². The summed E-state index contributed by atoms with van der Waals surface area (Å²) >= 11 is 0. The lowest BCUT2D eigenvalue weighted by molar-refractivity contribution is -0.0498. The molecule has 0 spiro atoms. The molecular formula is C19H23F2N3O5S. The number of nitrogens with zero attached hydrogens (tertiary/aromatic N) is 1. The second kappa shape index (κ2) is 10.1. The van der Waals surface area contributed by atoms with Gasteiger partial charge in [0, 0.05) is 25.3 Å². The zero-order valence-corrected chi connectivity index (χ0v) is 17.5. The molecule has 164 valence electrons. The highest BCUT2D eigenvalue weighted by molar-refractivity contribution is 7.92. The van der Waals surface area contributed by atoms with Crippen LogP contribution in [-0.2, 0) is 16.6 Å². The van der Waals surface area contributed by atoms with Gasteiger partial charge in [-0.15, -0.1) is 0 Å². The zero-order valence-electron chi connectivity index (χ0n) is 16.7. The van der Waals surface area contributed by atoms with E-state index in [0.717, 1.165) is 5.56 Å². The summed E-state index contributed by atoms with van der Waals surface area (Å²) < 4.78 is 59.8. The quantitative estimate of drug-likeness (QED) is 0.616. The molecule has 0 aromatic heterocycles. The van der Waals surface area contributed by atoms with E-state index in [2.05, 4.69) is 14.8 Å². The standard InChI is InChI=1S/C19H23F2N3O5S/c1-4-30(26,27)23-16-10-7-14(11-17(16)28-3)22-19(25)24(2)12-13-5-8-15(9-6-13)29-18(20)21/h5-11,18,23H,4,12H2,1-3H3,(H,22,25). The lowest BCUT2D eigenvalue weighted by Crippen LogP contribution is -2.30. The van der Waals surface area contributed by atoms with E-state index in [1.54, 1.807) is 19.2 Å². The molecule has 0 atom stereocenters. The molecule has 0 aliphatic carbocycles. The first-order valence-corrected chi connectivity index (χ1v) is 10.5. The molecule has 8 nitrogen and oxygen atoms in total. The van der Waals surface area contributed by atoms with Crippen molar-refractivity contribution in [3.8, 4) is 11.5 Å². The van der Waals surface area contributed by atoms with Crippen LogP contribution in [0.25, 0.3) is 0 Å². The Labute approximate surface area is 173 Å². The lowest BCUT2D eigenvalue weighted by atomic mass is 10.2. The van der Waals surface area contributed by atoms with Crippen molar-refractivity contribution in [3.63, 3.8) is 0 Å². The van der Waals surface area contributed by atoms with Gasteiger partial charge < -0.3 is 19.7 Å². The zero-order chi connectivity index (χ0) is 22.3. The minimum atomic E-state index is -3.48. The molecule has 2 N–H and O–H groups in total. The van der Waals surface area contributed by atoms with Crippen molar-refractivity contribution in [2.24, 2.45) is 0 Å². The number of rotatable bonds is 9. The highest BCUT2D eigenvalue weighted by Crippen LogP contribution is 2.29. The van der Waals surface area contributed by atoms with Crippen LogP contribution in [0.4, 0.5) is 25.0 Å². The normalized spacial score (nSPS) is 11.1. The number of hydrogen-bond donors (Lipinski definition) is 2. The van der Waals surface area contributed by atoms with E-state index in [-0.39, 0.29) is 29.5 Å². The molecule has 2 aromatic carbocycles. The molecule has 30 heavy (non-hydrogen) atoms. The second-order valence-electron chi connectivity index (χ2n) is 6.23. The van der Waals surface area contributed by atoms with Gasteiger partial charge in [0.25, 0.3) is 0 Å². The number of benzene rings is 2. The van der Waals surface area contributed by atoms with Crippen molar-refractivity contribution < 1.29 is 31.5 Å². The predicted molar refractivity (Wildman–Crippen MR) is 110 cm³/mol.